The lowest BCUT2D eigenvalue weighted by Gasteiger charge is -2.32. The van der Waals surface area contributed by atoms with Crippen molar-refractivity contribution in [1.29, 1.82) is 0 Å². The lowest BCUT2D eigenvalue weighted by molar-refractivity contribution is -0.137. The highest BCUT2D eigenvalue weighted by atomic mass is 79.9. The number of carboxylic acid groups (broad SMARTS) is 1. The van der Waals surface area contributed by atoms with Crippen molar-refractivity contribution in [3.8, 4) is 0 Å². The molecule has 2 rings (SSSR count). The van der Waals surface area contributed by atoms with Crippen LogP contribution in [0.5, 0.6) is 0 Å². The van der Waals surface area contributed by atoms with Gasteiger partial charge in [-0.1, -0.05) is 28.1 Å². The van der Waals surface area contributed by atoms with E-state index in [1.54, 1.807) is 0 Å². The minimum absolute atomic E-state index is 0.234. The Morgan fingerprint density at radius 2 is 2.17 bits per heavy atom. The summed E-state index contributed by atoms with van der Waals surface area (Å²) in [6.45, 7) is 2.59. The second-order valence-electron chi connectivity index (χ2n) is 4.36. The van der Waals surface area contributed by atoms with Crippen LogP contribution in [0.4, 0.5) is 0 Å². The highest BCUT2D eigenvalue weighted by Gasteiger charge is 2.21. The van der Waals surface area contributed by atoms with Crippen LogP contribution in [0.1, 0.15) is 17.2 Å². The third-order valence-electron chi connectivity index (χ3n) is 3.03. The topological polar surface area (TPSA) is 40.5 Å². The Balaban J connectivity index is 1.93. The molecule has 18 heavy (non-hydrogen) atoms. The van der Waals surface area contributed by atoms with Gasteiger partial charge in [0, 0.05) is 35.1 Å². The molecule has 0 aromatic heterocycles. The zero-order chi connectivity index (χ0) is 13.0. The molecule has 0 saturated carbocycles. The highest BCUT2D eigenvalue weighted by Crippen LogP contribution is 2.33. The molecule has 1 fully saturated rings. The number of thioether (sulfide) groups is 1. The molecule has 1 N–H and O–H groups in total. The molecule has 98 valence electrons. The lowest BCUT2D eigenvalue weighted by Crippen LogP contribution is -2.35. The van der Waals surface area contributed by atoms with E-state index >= 15 is 0 Å². The average Bonchev–Trinajstić information content (AvgIpc) is 2.37. The maximum atomic E-state index is 10.6. The van der Waals surface area contributed by atoms with Crippen LogP contribution in [-0.4, -0.2) is 41.4 Å². The van der Waals surface area contributed by atoms with Gasteiger partial charge in [0.15, 0.2) is 0 Å². The number of aliphatic carboxylic acids is 1. The SMILES string of the molecule is O=C(O)CCN1CCSC(c2ccc(Br)cc2)C1. The fourth-order valence-electron chi connectivity index (χ4n) is 2.04. The Kier molecular flexibility index (Phi) is 5.09. The molecule has 0 aliphatic carbocycles. The zero-order valence-corrected chi connectivity index (χ0v) is 12.4. The summed E-state index contributed by atoms with van der Waals surface area (Å²) in [6, 6.07) is 8.41. The number of hydrogen-bond acceptors (Lipinski definition) is 3. The van der Waals surface area contributed by atoms with Crippen LogP contribution in [0.3, 0.4) is 0 Å². The van der Waals surface area contributed by atoms with Gasteiger partial charge < -0.3 is 10.0 Å². The van der Waals surface area contributed by atoms with Crippen molar-refractivity contribution >= 4 is 33.7 Å². The summed E-state index contributed by atoms with van der Waals surface area (Å²) in [5.74, 6) is 0.355. The first kappa shape index (κ1) is 13.9. The van der Waals surface area contributed by atoms with Gasteiger partial charge in [-0.05, 0) is 17.7 Å². The molecule has 1 unspecified atom stereocenters. The van der Waals surface area contributed by atoms with Crippen molar-refractivity contribution in [3.05, 3.63) is 34.3 Å². The summed E-state index contributed by atoms with van der Waals surface area (Å²) in [5.41, 5.74) is 1.32. The summed E-state index contributed by atoms with van der Waals surface area (Å²) < 4.78 is 1.09. The average molecular weight is 330 g/mol. The third kappa shape index (κ3) is 4.00. The van der Waals surface area contributed by atoms with E-state index in [1.165, 1.54) is 5.56 Å². The Morgan fingerprint density at radius 1 is 1.44 bits per heavy atom. The molecule has 1 heterocycles. The summed E-state index contributed by atoms with van der Waals surface area (Å²) in [4.78, 5) is 12.8. The smallest absolute Gasteiger partial charge is 0.304 e. The van der Waals surface area contributed by atoms with Gasteiger partial charge in [-0.15, -0.1) is 0 Å². The second kappa shape index (κ2) is 6.59. The van der Waals surface area contributed by atoms with Gasteiger partial charge in [0.05, 0.1) is 6.42 Å². The van der Waals surface area contributed by atoms with E-state index in [-0.39, 0.29) is 6.42 Å². The molecule has 0 bridgehead atoms. The van der Waals surface area contributed by atoms with Crippen molar-refractivity contribution in [2.75, 3.05) is 25.4 Å². The maximum Gasteiger partial charge on any atom is 0.304 e. The first-order valence-electron chi connectivity index (χ1n) is 5.96. The Bertz CT molecular complexity index is 410. The van der Waals surface area contributed by atoms with Gasteiger partial charge in [-0.2, -0.15) is 11.8 Å². The van der Waals surface area contributed by atoms with Crippen molar-refractivity contribution in [3.63, 3.8) is 0 Å². The maximum absolute atomic E-state index is 10.6. The minimum Gasteiger partial charge on any atom is -0.481 e. The van der Waals surface area contributed by atoms with Gasteiger partial charge in [0.25, 0.3) is 0 Å². The van der Waals surface area contributed by atoms with Gasteiger partial charge in [0.2, 0.25) is 0 Å². The number of halogens is 1. The molecule has 1 aromatic carbocycles. The molecule has 0 radical (unpaired) electrons. The fourth-order valence-corrected chi connectivity index (χ4v) is 3.62. The molecular formula is C13H16BrNO2S. The number of nitrogens with zero attached hydrogens (tertiary/aromatic N) is 1. The van der Waals surface area contributed by atoms with Crippen LogP contribution in [0, 0.1) is 0 Å². The van der Waals surface area contributed by atoms with Gasteiger partial charge >= 0.3 is 5.97 Å². The predicted molar refractivity (Wildman–Crippen MR) is 78.0 cm³/mol. The summed E-state index contributed by atoms with van der Waals surface area (Å²) in [6.07, 6.45) is 0.234. The molecule has 0 amide bonds. The van der Waals surface area contributed by atoms with E-state index in [4.69, 9.17) is 5.11 Å². The normalized spacial score (nSPS) is 20.8. The van der Waals surface area contributed by atoms with Crippen LogP contribution in [0.25, 0.3) is 0 Å². The van der Waals surface area contributed by atoms with Crippen LogP contribution in [-0.2, 0) is 4.79 Å². The number of benzene rings is 1. The Labute approximate surface area is 120 Å². The van der Waals surface area contributed by atoms with Crippen LogP contribution in [0.2, 0.25) is 0 Å². The number of hydrogen-bond donors (Lipinski definition) is 1. The van der Waals surface area contributed by atoms with Gasteiger partial charge in [-0.25, -0.2) is 0 Å². The number of carbonyl (C=O) groups is 1. The van der Waals surface area contributed by atoms with Crippen molar-refractivity contribution < 1.29 is 9.90 Å². The van der Waals surface area contributed by atoms with E-state index in [2.05, 4.69) is 45.1 Å². The lowest BCUT2D eigenvalue weighted by atomic mass is 10.1. The van der Waals surface area contributed by atoms with E-state index < -0.39 is 5.97 Å². The van der Waals surface area contributed by atoms with Gasteiger partial charge in [0.1, 0.15) is 0 Å². The second-order valence-corrected chi connectivity index (χ2v) is 6.58. The quantitative estimate of drug-likeness (QED) is 0.921. The van der Waals surface area contributed by atoms with Gasteiger partial charge in [-0.3, -0.25) is 4.79 Å². The summed E-state index contributed by atoms with van der Waals surface area (Å²) >= 11 is 5.40. The molecule has 1 saturated heterocycles. The molecule has 1 aliphatic heterocycles. The first-order valence-corrected chi connectivity index (χ1v) is 7.80. The standard InChI is InChI=1S/C13H16BrNO2S/c14-11-3-1-10(2-4-11)12-9-15(7-8-18-12)6-5-13(16)17/h1-4,12H,5-9H2,(H,16,17). The molecule has 1 aromatic rings. The fraction of sp³-hybridized carbons (Fsp3) is 0.462. The zero-order valence-electron chi connectivity index (χ0n) is 10.0. The van der Waals surface area contributed by atoms with Crippen LogP contribution >= 0.6 is 27.7 Å². The first-order chi connectivity index (χ1) is 8.65. The molecule has 1 aliphatic rings. The monoisotopic (exact) mass is 329 g/mol. The largest absolute Gasteiger partial charge is 0.481 e. The van der Waals surface area contributed by atoms with Crippen molar-refractivity contribution in [1.82, 2.24) is 4.90 Å². The van der Waals surface area contributed by atoms with Crippen molar-refractivity contribution in [2.45, 2.75) is 11.7 Å². The molecule has 3 nitrogen and oxygen atoms in total. The Morgan fingerprint density at radius 3 is 2.83 bits per heavy atom. The molecular weight excluding hydrogens is 314 g/mol. The summed E-state index contributed by atoms with van der Waals surface area (Å²) in [7, 11) is 0. The van der Waals surface area contributed by atoms with Crippen LogP contribution < -0.4 is 0 Å². The van der Waals surface area contributed by atoms with E-state index in [0.29, 0.717) is 11.8 Å². The van der Waals surface area contributed by atoms with Crippen LogP contribution in [0.15, 0.2) is 28.7 Å². The number of carboxylic acids is 1. The van der Waals surface area contributed by atoms with E-state index in [9.17, 15) is 4.79 Å². The predicted octanol–water partition coefficient (Wildman–Crippen LogP) is 3.01. The minimum atomic E-state index is -0.714. The summed E-state index contributed by atoms with van der Waals surface area (Å²) in [5, 5.41) is 9.18. The van der Waals surface area contributed by atoms with E-state index in [0.717, 1.165) is 23.3 Å². The Hall–Kier alpha value is -0.520. The molecule has 5 heteroatoms. The number of rotatable bonds is 4. The molecule has 1 atom stereocenters. The van der Waals surface area contributed by atoms with Crippen molar-refractivity contribution in [2.24, 2.45) is 0 Å². The third-order valence-corrected chi connectivity index (χ3v) is 4.80. The van der Waals surface area contributed by atoms with E-state index in [1.807, 2.05) is 11.8 Å². The highest BCUT2D eigenvalue weighted by molar-refractivity contribution is 9.10. The molecule has 0 spiro atoms.